The van der Waals surface area contributed by atoms with Crippen molar-refractivity contribution in [2.75, 3.05) is 27.8 Å². The van der Waals surface area contributed by atoms with Gasteiger partial charge < -0.3 is 18.9 Å². The van der Waals surface area contributed by atoms with Crippen LogP contribution in [0.1, 0.15) is 51.9 Å². The highest BCUT2D eigenvalue weighted by Gasteiger charge is 2.29. The molecule has 0 fully saturated rings. The zero-order chi connectivity index (χ0) is 21.0. The van der Waals surface area contributed by atoms with Crippen LogP contribution in [0.15, 0.2) is 42.1 Å². The Morgan fingerprint density at radius 2 is 1.93 bits per heavy atom. The quantitative estimate of drug-likeness (QED) is 0.423. The van der Waals surface area contributed by atoms with Crippen molar-refractivity contribution in [3.63, 3.8) is 0 Å². The Bertz CT molecular complexity index is 923. The normalized spacial score (nSPS) is 15.0. The molecule has 1 aliphatic rings. The van der Waals surface area contributed by atoms with E-state index in [1.165, 1.54) is 0 Å². The van der Waals surface area contributed by atoms with Gasteiger partial charge >= 0.3 is 5.97 Å². The van der Waals surface area contributed by atoms with E-state index in [2.05, 4.69) is 0 Å². The summed E-state index contributed by atoms with van der Waals surface area (Å²) in [5.74, 6) is 0.341. The van der Waals surface area contributed by atoms with Crippen molar-refractivity contribution in [2.45, 2.75) is 32.7 Å². The number of Topliss-reactive ketones (excluding diaryl/α,β-unsaturated/α-hetero) is 1. The van der Waals surface area contributed by atoms with Crippen LogP contribution in [-0.4, -0.2) is 49.0 Å². The Morgan fingerprint density at radius 3 is 2.55 bits per heavy atom. The Balaban J connectivity index is 2.09. The number of hydrogen-bond donors (Lipinski definition) is 0. The number of ether oxygens (including phenoxy) is 2. The first-order valence-electron chi connectivity index (χ1n) is 9.88. The fraction of sp³-hybridized carbons (Fsp3) is 0.391. The van der Waals surface area contributed by atoms with Gasteiger partial charge in [-0.1, -0.05) is 12.1 Å². The van der Waals surface area contributed by atoms with Gasteiger partial charge in [-0.05, 0) is 55.5 Å². The summed E-state index contributed by atoms with van der Waals surface area (Å²) < 4.78 is 12.3. The summed E-state index contributed by atoms with van der Waals surface area (Å²) in [5, 5.41) is 0. The summed E-state index contributed by atoms with van der Waals surface area (Å²) in [5.41, 5.74) is 3.67. The molecule has 0 unspecified atom stereocenters. The van der Waals surface area contributed by atoms with Crippen molar-refractivity contribution in [1.82, 2.24) is 9.47 Å². The van der Waals surface area contributed by atoms with E-state index in [4.69, 9.17) is 9.47 Å². The lowest BCUT2D eigenvalue weighted by atomic mass is 10.1. The van der Waals surface area contributed by atoms with Gasteiger partial charge in [0.15, 0.2) is 0 Å². The molecule has 0 amide bonds. The Labute approximate surface area is 171 Å². The lowest BCUT2D eigenvalue weighted by Gasteiger charge is -2.15. The van der Waals surface area contributed by atoms with Crippen LogP contribution in [0, 0.1) is 0 Å². The smallest absolute Gasteiger partial charge is 0.354 e. The average molecular weight is 396 g/mol. The second-order valence-corrected chi connectivity index (χ2v) is 7.36. The minimum Gasteiger partial charge on any atom is -0.497 e. The van der Waals surface area contributed by atoms with E-state index < -0.39 is 5.97 Å². The first-order chi connectivity index (χ1) is 13.9. The Kier molecular flexibility index (Phi) is 6.42. The predicted octanol–water partition coefficient (Wildman–Crippen LogP) is 3.69. The number of methoxy groups -OCH3 is 1. The largest absolute Gasteiger partial charge is 0.497 e. The van der Waals surface area contributed by atoms with Crippen LogP contribution in [0.3, 0.4) is 0 Å². The van der Waals surface area contributed by atoms with Crippen LogP contribution in [0.25, 0.3) is 0 Å². The molecule has 1 aliphatic carbocycles. The maximum atomic E-state index is 13.4. The first kappa shape index (κ1) is 20.7. The van der Waals surface area contributed by atoms with E-state index in [0.717, 1.165) is 41.7 Å². The van der Waals surface area contributed by atoms with Crippen molar-refractivity contribution in [3.8, 4) is 5.75 Å². The molecule has 2 aromatic rings. The number of aromatic nitrogens is 1. The van der Waals surface area contributed by atoms with Crippen LogP contribution in [0.2, 0.25) is 0 Å². The fourth-order valence-corrected chi connectivity index (χ4v) is 3.69. The van der Waals surface area contributed by atoms with Gasteiger partial charge in [-0.2, -0.15) is 0 Å². The summed E-state index contributed by atoms with van der Waals surface area (Å²) in [6.07, 6.45) is 4.23. The van der Waals surface area contributed by atoms with Crippen LogP contribution in [-0.2, 0) is 17.7 Å². The third-order valence-corrected chi connectivity index (χ3v) is 4.97. The molecule has 3 rings (SSSR count). The highest BCUT2D eigenvalue weighted by molar-refractivity contribution is 6.10. The van der Waals surface area contributed by atoms with Crippen LogP contribution in [0.4, 0.5) is 0 Å². The summed E-state index contributed by atoms with van der Waals surface area (Å²) in [4.78, 5) is 27.9. The number of esters is 1. The molecular weight excluding hydrogens is 368 g/mol. The van der Waals surface area contributed by atoms with Gasteiger partial charge in [-0.25, -0.2) is 4.79 Å². The molecule has 0 spiro atoms. The van der Waals surface area contributed by atoms with Gasteiger partial charge in [0.2, 0.25) is 5.78 Å². The van der Waals surface area contributed by atoms with Gasteiger partial charge in [0.1, 0.15) is 11.4 Å². The summed E-state index contributed by atoms with van der Waals surface area (Å²) >= 11 is 0. The zero-order valence-corrected chi connectivity index (χ0v) is 17.5. The van der Waals surface area contributed by atoms with E-state index in [-0.39, 0.29) is 12.4 Å². The lowest BCUT2D eigenvalue weighted by molar-refractivity contribution is 0.0514. The number of hydrogen-bond acceptors (Lipinski definition) is 5. The number of benzene rings is 1. The number of nitrogens with zero attached hydrogens (tertiary/aromatic N) is 2. The number of fused-ring (bicyclic) bond motifs is 1. The average Bonchev–Trinajstić information content (AvgIpc) is 2.97. The van der Waals surface area contributed by atoms with Gasteiger partial charge in [0, 0.05) is 32.4 Å². The monoisotopic (exact) mass is 396 g/mol. The molecule has 0 saturated heterocycles. The van der Waals surface area contributed by atoms with Gasteiger partial charge in [0.25, 0.3) is 0 Å². The molecule has 6 nitrogen and oxygen atoms in total. The molecule has 0 bridgehead atoms. The molecule has 1 aromatic heterocycles. The van der Waals surface area contributed by atoms with Gasteiger partial charge in [0.05, 0.1) is 19.4 Å². The SMILES string of the molecule is CCOC(=O)c1cc2c(n1Cc1ccc(OC)cc1)C(=O)C(=CN(C)C)CCC2. The topological polar surface area (TPSA) is 60.8 Å². The molecule has 0 aliphatic heterocycles. The molecule has 0 saturated carbocycles. The van der Waals surface area contributed by atoms with E-state index >= 15 is 0 Å². The number of carbonyl (C=O) groups excluding carboxylic acids is 2. The molecule has 154 valence electrons. The van der Waals surface area contributed by atoms with Crippen LogP contribution < -0.4 is 4.74 Å². The maximum absolute atomic E-state index is 13.4. The first-order valence-corrected chi connectivity index (χ1v) is 9.88. The van der Waals surface area contributed by atoms with Gasteiger partial charge in [-0.15, -0.1) is 0 Å². The van der Waals surface area contributed by atoms with Crippen molar-refractivity contribution in [3.05, 3.63) is 64.6 Å². The second kappa shape index (κ2) is 8.99. The highest BCUT2D eigenvalue weighted by atomic mass is 16.5. The van der Waals surface area contributed by atoms with E-state index in [1.807, 2.05) is 60.1 Å². The van der Waals surface area contributed by atoms with Crippen LogP contribution >= 0.6 is 0 Å². The third-order valence-electron chi connectivity index (χ3n) is 4.97. The molecular formula is C23H28N2O4. The second-order valence-electron chi connectivity index (χ2n) is 7.36. The van der Waals surface area contributed by atoms with Crippen molar-refractivity contribution in [1.29, 1.82) is 0 Å². The highest BCUT2D eigenvalue weighted by Crippen LogP contribution is 2.29. The molecule has 0 N–H and O–H groups in total. The fourth-order valence-electron chi connectivity index (χ4n) is 3.69. The number of rotatable bonds is 6. The van der Waals surface area contributed by atoms with Crippen LogP contribution in [0.5, 0.6) is 5.75 Å². The standard InChI is InChI=1S/C23H28N2O4/c1-5-29-23(27)20-13-17-7-6-8-18(15-24(2)3)22(26)21(17)25(20)14-16-9-11-19(28-4)12-10-16/h9-13,15H,5-8,14H2,1-4H3. The molecule has 1 aromatic carbocycles. The Hall–Kier alpha value is -3.02. The lowest BCUT2D eigenvalue weighted by Crippen LogP contribution is -2.19. The zero-order valence-electron chi connectivity index (χ0n) is 17.5. The maximum Gasteiger partial charge on any atom is 0.354 e. The van der Waals surface area contributed by atoms with Crippen molar-refractivity contribution >= 4 is 11.8 Å². The number of carbonyl (C=O) groups is 2. The minimum atomic E-state index is -0.403. The molecule has 6 heteroatoms. The third kappa shape index (κ3) is 4.53. The summed E-state index contributed by atoms with van der Waals surface area (Å²) in [6, 6.07) is 9.46. The Morgan fingerprint density at radius 1 is 1.21 bits per heavy atom. The van der Waals surface area contributed by atoms with Gasteiger partial charge in [-0.3, -0.25) is 4.79 Å². The van der Waals surface area contributed by atoms with E-state index in [0.29, 0.717) is 17.9 Å². The van der Waals surface area contributed by atoms with Crippen molar-refractivity contribution in [2.24, 2.45) is 0 Å². The number of aryl methyl sites for hydroxylation is 1. The summed E-state index contributed by atoms with van der Waals surface area (Å²) in [7, 11) is 5.44. The molecule has 0 atom stereocenters. The van der Waals surface area contributed by atoms with E-state index in [9.17, 15) is 9.59 Å². The minimum absolute atomic E-state index is 0.0183. The number of allylic oxidation sites excluding steroid dienone is 1. The molecule has 1 heterocycles. The molecule has 0 radical (unpaired) electrons. The van der Waals surface area contributed by atoms with Crippen molar-refractivity contribution < 1.29 is 19.1 Å². The van der Waals surface area contributed by atoms with E-state index in [1.54, 1.807) is 14.0 Å². The number of ketones is 1. The predicted molar refractivity (Wildman–Crippen MR) is 112 cm³/mol. The molecule has 29 heavy (non-hydrogen) atoms. The summed E-state index contributed by atoms with van der Waals surface area (Å²) in [6.45, 7) is 2.48.